The van der Waals surface area contributed by atoms with Gasteiger partial charge in [-0.25, -0.2) is 4.68 Å². The topological polar surface area (TPSA) is 107 Å². The summed E-state index contributed by atoms with van der Waals surface area (Å²) in [6.45, 7) is -0.411. The number of nitro groups is 1. The van der Waals surface area contributed by atoms with Crippen molar-refractivity contribution < 1.29 is 14.1 Å². The summed E-state index contributed by atoms with van der Waals surface area (Å²) in [7, 11) is 0. The number of nitrogens with one attached hydrogen (secondary N) is 1. The van der Waals surface area contributed by atoms with Crippen LogP contribution in [0.1, 0.15) is 0 Å². The van der Waals surface area contributed by atoms with Crippen LogP contribution in [0.5, 0.6) is 0 Å². The molecule has 0 unspecified atom stereocenters. The number of hydrogen-bond acceptors (Lipinski definition) is 5. The highest BCUT2D eigenvalue weighted by Gasteiger charge is 2.16. The molecule has 3 aromatic carbocycles. The number of nitrogens with zero attached hydrogens (tertiary/aromatic N) is 3. The average molecular weight is 418 g/mol. The third-order valence-electron chi connectivity index (χ3n) is 4.63. The molecule has 31 heavy (non-hydrogen) atoms. The Bertz CT molecular complexity index is 1380. The number of nitro benzene ring substituents is 1. The number of carbonyl (C=O) groups excluding carboxylic acids is 1. The fraction of sp³-hybridized carbons (Fsp3) is 0.0455. The van der Waals surface area contributed by atoms with Gasteiger partial charge in [-0.15, -0.1) is 0 Å². The second-order valence-electron chi connectivity index (χ2n) is 6.75. The van der Waals surface area contributed by atoms with Crippen molar-refractivity contribution in [1.82, 2.24) is 9.78 Å². The minimum atomic E-state index is -1.01. The molecular formula is C22H15FN4O4. The molecule has 0 fully saturated rings. The number of fused-ring (bicyclic) bond motifs is 1. The SMILES string of the molecule is O=C(Cn1nc(-c2ccc3ccccc3c2)ccc1=O)Nc1ccc(F)c([N+](=O)[O-])c1. The van der Waals surface area contributed by atoms with Crippen LogP contribution in [0.2, 0.25) is 0 Å². The first-order chi connectivity index (χ1) is 14.9. The first-order valence-electron chi connectivity index (χ1n) is 9.22. The molecule has 0 saturated carbocycles. The van der Waals surface area contributed by atoms with E-state index in [4.69, 9.17) is 0 Å². The van der Waals surface area contributed by atoms with E-state index in [1.807, 2.05) is 42.5 Å². The molecular weight excluding hydrogens is 403 g/mol. The third-order valence-corrected chi connectivity index (χ3v) is 4.63. The lowest BCUT2D eigenvalue weighted by Crippen LogP contribution is -2.29. The summed E-state index contributed by atoms with van der Waals surface area (Å²) < 4.78 is 14.4. The molecule has 1 N–H and O–H groups in total. The Morgan fingerprint density at radius 2 is 1.81 bits per heavy atom. The Kier molecular flexibility index (Phi) is 5.23. The molecule has 1 heterocycles. The van der Waals surface area contributed by atoms with E-state index < -0.39 is 34.4 Å². The normalized spacial score (nSPS) is 10.7. The fourth-order valence-corrected chi connectivity index (χ4v) is 3.13. The highest BCUT2D eigenvalue weighted by Crippen LogP contribution is 2.23. The Morgan fingerprint density at radius 3 is 2.58 bits per heavy atom. The second kappa shape index (κ2) is 8.15. The van der Waals surface area contributed by atoms with Gasteiger partial charge in [0, 0.05) is 23.4 Å². The zero-order valence-electron chi connectivity index (χ0n) is 16.0. The Labute approximate surface area is 174 Å². The molecule has 0 spiro atoms. The predicted molar refractivity (Wildman–Crippen MR) is 113 cm³/mol. The van der Waals surface area contributed by atoms with Gasteiger partial charge >= 0.3 is 5.69 Å². The van der Waals surface area contributed by atoms with Gasteiger partial charge < -0.3 is 5.32 Å². The molecule has 9 heteroatoms. The summed E-state index contributed by atoms with van der Waals surface area (Å²) >= 11 is 0. The highest BCUT2D eigenvalue weighted by atomic mass is 19.1. The van der Waals surface area contributed by atoms with Crippen LogP contribution in [0.3, 0.4) is 0 Å². The van der Waals surface area contributed by atoms with Gasteiger partial charge in [-0.3, -0.25) is 19.7 Å². The van der Waals surface area contributed by atoms with Gasteiger partial charge in [0.2, 0.25) is 11.7 Å². The van der Waals surface area contributed by atoms with Crippen molar-refractivity contribution in [2.24, 2.45) is 0 Å². The van der Waals surface area contributed by atoms with Crippen molar-refractivity contribution in [2.75, 3.05) is 5.32 Å². The number of benzene rings is 3. The van der Waals surface area contributed by atoms with Crippen LogP contribution < -0.4 is 10.9 Å². The van der Waals surface area contributed by atoms with E-state index in [2.05, 4.69) is 10.4 Å². The van der Waals surface area contributed by atoms with E-state index >= 15 is 0 Å². The molecule has 8 nitrogen and oxygen atoms in total. The molecule has 0 aliphatic heterocycles. The summed E-state index contributed by atoms with van der Waals surface area (Å²) in [6.07, 6.45) is 0. The number of aromatic nitrogens is 2. The third kappa shape index (κ3) is 4.30. The lowest BCUT2D eigenvalue weighted by Gasteiger charge is -2.09. The van der Waals surface area contributed by atoms with Crippen molar-refractivity contribution in [1.29, 1.82) is 0 Å². The molecule has 1 aromatic heterocycles. The molecule has 0 atom stereocenters. The number of rotatable bonds is 5. The van der Waals surface area contributed by atoms with Crippen molar-refractivity contribution in [3.8, 4) is 11.3 Å². The molecule has 1 amide bonds. The maximum atomic E-state index is 13.5. The monoisotopic (exact) mass is 418 g/mol. The van der Waals surface area contributed by atoms with Gasteiger partial charge in [0.25, 0.3) is 5.56 Å². The molecule has 0 aliphatic rings. The van der Waals surface area contributed by atoms with E-state index in [0.29, 0.717) is 5.69 Å². The standard InChI is InChI=1S/C22H15FN4O4/c23-18-8-7-17(12-20(18)27(30)31)24-21(28)13-26-22(29)10-9-19(25-26)16-6-5-14-3-1-2-4-15(14)11-16/h1-12H,13H2,(H,24,28). The summed E-state index contributed by atoms with van der Waals surface area (Å²) in [5.41, 5.74) is 0.0885. The van der Waals surface area contributed by atoms with Crippen molar-refractivity contribution in [3.63, 3.8) is 0 Å². The number of amides is 1. The van der Waals surface area contributed by atoms with Gasteiger partial charge in [-0.2, -0.15) is 9.49 Å². The lowest BCUT2D eigenvalue weighted by molar-refractivity contribution is -0.387. The fourth-order valence-electron chi connectivity index (χ4n) is 3.13. The van der Waals surface area contributed by atoms with Crippen molar-refractivity contribution in [2.45, 2.75) is 6.54 Å². The zero-order valence-corrected chi connectivity index (χ0v) is 16.0. The van der Waals surface area contributed by atoms with Gasteiger partial charge in [-0.1, -0.05) is 36.4 Å². The van der Waals surface area contributed by atoms with E-state index in [1.54, 1.807) is 6.07 Å². The first-order valence-corrected chi connectivity index (χ1v) is 9.22. The molecule has 0 radical (unpaired) electrons. The van der Waals surface area contributed by atoms with Crippen LogP contribution in [0.25, 0.3) is 22.0 Å². The van der Waals surface area contributed by atoms with E-state index in [9.17, 15) is 24.1 Å². The minimum Gasteiger partial charge on any atom is -0.324 e. The maximum absolute atomic E-state index is 13.5. The van der Waals surface area contributed by atoms with E-state index in [-0.39, 0.29) is 5.69 Å². The van der Waals surface area contributed by atoms with Crippen LogP contribution >= 0.6 is 0 Å². The van der Waals surface area contributed by atoms with Gasteiger partial charge in [0.15, 0.2) is 0 Å². The van der Waals surface area contributed by atoms with Gasteiger partial charge in [-0.05, 0) is 35.0 Å². The molecule has 4 rings (SSSR count). The quantitative estimate of drug-likeness (QED) is 0.392. The van der Waals surface area contributed by atoms with Crippen LogP contribution in [-0.2, 0) is 11.3 Å². The number of halogens is 1. The van der Waals surface area contributed by atoms with Crippen molar-refractivity contribution >= 4 is 28.1 Å². The Balaban J connectivity index is 1.57. The van der Waals surface area contributed by atoms with Gasteiger partial charge in [0.05, 0.1) is 10.6 Å². The van der Waals surface area contributed by atoms with Crippen LogP contribution in [-0.4, -0.2) is 20.6 Å². The molecule has 4 aromatic rings. The van der Waals surface area contributed by atoms with E-state index in [1.165, 1.54) is 12.1 Å². The van der Waals surface area contributed by atoms with Gasteiger partial charge in [0.1, 0.15) is 6.54 Å². The minimum absolute atomic E-state index is 0.0387. The Hall–Kier alpha value is -4.40. The predicted octanol–water partition coefficient (Wildman–Crippen LogP) is 3.75. The summed E-state index contributed by atoms with van der Waals surface area (Å²) in [5.74, 6) is -1.64. The van der Waals surface area contributed by atoms with E-state index in [0.717, 1.165) is 33.2 Å². The number of anilines is 1. The second-order valence-corrected chi connectivity index (χ2v) is 6.75. The number of hydrogen-bond donors (Lipinski definition) is 1. The van der Waals surface area contributed by atoms with Crippen LogP contribution in [0, 0.1) is 15.9 Å². The first kappa shape index (κ1) is 19.9. The summed E-state index contributed by atoms with van der Waals surface area (Å²) in [6, 6.07) is 19.4. The molecule has 154 valence electrons. The maximum Gasteiger partial charge on any atom is 0.306 e. The number of carbonyl (C=O) groups is 1. The summed E-state index contributed by atoms with van der Waals surface area (Å²) in [5, 5.41) is 19.6. The van der Waals surface area contributed by atoms with Crippen LogP contribution in [0.15, 0.2) is 77.6 Å². The highest BCUT2D eigenvalue weighted by molar-refractivity contribution is 5.91. The molecule has 0 saturated heterocycles. The average Bonchev–Trinajstić information content (AvgIpc) is 2.76. The zero-order chi connectivity index (χ0) is 22.0. The van der Waals surface area contributed by atoms with Crippen LogP contribution in [0.4, 0.5) is 15.8 Å². The smallest absolute Gasteiger partial charge is 0.306 e. The molecule has 0 bridgehead atoms. The summed E-state index contributed by atoms with van der Waals surface area (Å²) in [4.78, 5) is 34.5. The lowest BCUT2D eigenvalue weighted by atomic mass is 10.1. The largest absolute Gasteiger partial charge is 0.324 e. The Morgan fingerprint density at radius 1 is 1.03 bits per heavy atom. The van der Waals surface area contributed by atoms with Crippen molar-refractivity contribution in [3.05, 3.63) is 99.1 Å². The molecule has 0 aliphatic carbocycles.